The van der Waals surface area contributed by atoms with Gasteiger partial charge in [-0.3, -0.25) is 4.79 Å². The van der Waals surface area contributed by atoms with Crippen molar-refractivity contribution >= 4 is 5.97 Å². The fourth-order valence-corrected chi connectivity index (χ4v) is 2.87. The summed E-state index contributed by atoms with van der Waals surface area (Å²) in [6.45, 7) is 15.3. The van der Waals surface area contributed by atoms with Crippen molar-refractivity contribution in [2.75, 3.05) is 7.11 Å². The van der Waals surface area contributed by atoms with E-state index in [1.165, 1.54) is 7.11 Å². The number of carbonyl (C=O) groups excluding carboxylic acids is 1. The van der Waals surface area contributed by atoms with E-state index in [0.717, 1.165) is 25.7 Å². The first-order valence-corrected chi connectivity index (χ1v) is 7.21. The minimum absolute atomic E-state index is 0.00741. The molecule has 0 spiro atoms. The summed E-state index contributed by atoms with van der Waals surface area (Å²) in [6, 6.07) is 0. The molecule has 1 atom stereocenters. The second-order valence-corrected chi connectivity index (χ2v) is 6.79. The van der Waals surface area contributed by atoms with Crippen molar-refractivity contribution in [1.82, 2.24) is 0 Å². The van der Waals surface area contributed by atoms with Gasteiger partial charge in [-0.05, 0) is 37.0 Å². The molecule has 0 saturated heterocycles. The van der Waals surface area contributed by atoms with E-state index in [1.807, 2.05) is 0 Å². The average molecular weight is 256 g/mol. The quantitative estimate of drug-likeness (QED) is 0.610. The zero-order valence-electron chi connectivity index (χ0n) is 13.6. The Morgan fingerprint density at radius 2 is 1.39 bits per heavy atom. The van der Waals surface area contributed by atoms with Gasteiger partial charge in [0.25, 0.3) is 0 Å². The largest absolute Gasteiger partial charge is 0.469 e. The van der Waals surface area contributed by atoms with E-state index >= 15 is 0 Å². The van der Waals surface area contributed by atoms with Crippen LogP contribution in [0, 0.1) is 16.2 Å². The molecule has 108 valence electrons. The lowest BCUT2D eigenvalue weighted by atomic mass is 9.57. The Morgan fingerprint density at radius 3 is 1.67 bits per heavy atom. The van der Waals surface area contributed by atoms with E-state index in [9.17, 15) is 4.79 Å². The van der Waals surface area contributed by atoms with Crippen LogP contribution in [0.25, 0.3) is 0 Å². The standard InChI is InChI=1S/C16H32O2/c1-9-14(4,5)12-16(7,13(17)18-8)15(6,10-2)11-3/h9-12H2,1-8H3. The molecule has 0 radical (unpaired) electrons. The molecule has 2 nitrogen and oxygen atoms in total. The molecule has 0 aromatic rings. The highest BCUT2D eigenvalue weighted by molar-refractivity contribution is 5.77. The third-order valence-corrected chi connectivity index (χ3v) is 5.32. The molecule has 18 heavy (non-hydrogen) atoms. The van der Waals surface area contributed by atoms with Crippen LogP contribution in [0.15, 0.2) is 0 Å². The molecular weight excluding hydrogens is 224 g/mol. The molecule has 0 rings (SSSR count). The predicted octanol–water partition coefficient (Wildman–Crippen LogP) is 4.82. The lowest BCUT2D eigenvalue weighted by molar-refractivity contribution is -0.164. The zero-order chi connectivity index (χ0) is 14.6. The van der Waals surface area contributed by atoms with Crippen molar-refractivity contribution in [2.45, 2.75) is 74.1 Å². The molecule has 0 heterocycles. The summed E-state index contributed by atoms with van der Waals surface area (Å²) in [4.78, 5) is 12.4. The van der Waals surface area contributed by atoms with Gasteiger partial charge in [0.05, 0.1) is 12.5 Å². The molecule has 0 bridgehead atoms. The second-order valence-electron chi connectivity index (χ2n) is 6.79. The number of methoxy groups -OCH3 is 1. The summed E-state index contributed by atoms with van der Waals surface area (Å²) in [6.07, 6.45) is 3.94. The summed E-state index contributed by atoms with van der Waals surface area (Å²) >= 11 is 0. The maximum absolute atomic E-state index is 12.4. The third-order valence-electron chi connectivity index (χ3n) is 5.32. The highest BCUT2D eigenvalue weighted by atomic mass is 16.5. The van der Waals surface area contributed by atoms with Crippen LogP contribution < -0.4 is 0 Å². The summed E-state index contributed by atoms with van der Waals surface area (Å²) < 4.78 is 5.12. The van der Waals surface area contributed by atoms with Gasteiger partial charge in [-0.2, -0.15) is 0 Å². The van der Waals surface area contributed by atoms with Gasteiger partial charge in [-0.25, -0.2) is 0 Å². The Balaban J connectivity index is 5.51. The van der Waals surface area contributed by atoms with Crippen LogP contribution >= 0.6 is 0 Å². The van der Waals surface area contributed by atoms with Gasteiger partial charge >= 0.3 is 5.97 Å². The molecule has 0 amide bonds. The van der Waals surface area contributed by atoms with E-state index in [4.69, 9.17) is 4.74 Å². The van der Waals surface area contributed by atoms with Gasteiger partial charge in [-0.1, -0.05) is 48.0 Å². The lowest BCUT2D eigenvalue weighted by Gasteiger charge is -2.47. The normalized spacial score (nSPS) is 16.2. The summed E-state index contributed by atoms with van der Waals surface area (Å²) in [7, 11) is 1.51. The van der Waals surface area contributed by atoms with Crippen molar-refractivity contribution in [3.05, 3.63) is 0 Å². The van der Waals surface area contributed by atoms with E-state index in [2.05, 4.69) is 48.5 Å². The highest BCUT2D eigenvalue weighted by Gasteiger charge is 2.50. The molecule has 0 aliphatic carbocycles. The van der Waals surface area contributed by atoms with Crippen LogP contribution in [0.2, 0.25) is 0 Å². The maximum atomic E-state index is 12.4. The molecule has 0 saturated carbocycles. The molecule has 2 heteroatoms. The van der Waals surface area contributed by atoms with Gasteiger partial charge in [0.15, 0.2) is 0 Å². The Hall–Kier alpha value is -0.530. The zero-order valence-corrected chi connectivity index (χ0v) is 13.6. The molecule has 1 unspecified atom stereocenters. The van der Waals surface area contributed by atoms with Gasteiger partial charge in [0, 0.05) is 0 Å². The number of hydrogen-bond acceptors (Lipinski definition) is 2. The first-order valence-electron chi connectivity index (χ1n) is 7.21. The Morgan fingerprint density at radius 1 is 0.944 bits per heavy atom. The maximum Gasteiger partial charge on any atom is 0.312 e. The second kappa shape index (κ2) is 6.08. The number of rotatable bonds is 7. The van der Waals surface area contributed by atoms with Crippen molar-refractivity contribution in [2.24, 2.45) is 16.2 Å². The smallest absolute Gasteiger partial charge is 0.312 e. The van der Waals surface area contributed by atoms with Gasteiger partial charge < -0.3 is 4.74 Å². The Kier molecular flexibility index (Phi) is 5.90. The van der Waals surface area contributed by atoms with Crippen LogP contribution in [0.3, 0.4) is 0 Å². The minimum atomic E-state index is -0.412. The fourth-order valence-electron chi connectivity index (χ4n) is 2.87. The topological polar surface area (TPSA) is 26.3 Å². The first kappa shape index (κ1) is 17.5. The fraction of sp³-hybridized carbons (Fsp3) is 0.938. The van der Waals surface area contributed by atoms with Crippen molar-refractivity contribution < 1.29 is 9.53 Å². The molecule has 0 aromatic heterocycles. The number of carbonyl (C=O) groups is 1. The molecule has 0 aromatic carbocycles. The monoisotopic (exact) mass is 256 g/mol. The molecular formula is C16H32O2. The number of hydrogen-bond donors (Lipinski definition) is 0. The van der Waals surface area contributed by atoms with Crippen molar-refractivity contribution in [3.8, 4) is 0 Å². The van der Waals surface area contributed by atoms with Gasteiger partial charge in [-0.15, -0.1) is 0 Å². The van der Waals surface area contributed by atoms with Crippen molar-refractivity contribution in [1.29, 1.82) is 0 Å². The van der Waals surface area contributed by atoms with E-state index in [-0.39, 0.29) is 16.8 Å². The molecule has 0 N–H and O–H groups in total. The SMILES string of the molecule is CCC(C)(C)CC(C)(C(=O)OC)C(C)(CC)CC. The summed E-state index contributed by atoms with van der Waals surface area (Å²) in [5.41, 5.74) is -0.258. The number of ether oxygens (including phenoxy) is 1. The molecule has 0 aliphatic rings. The third kappa shape index (κ3) is 3.27. The van der Waals surface area contributed by atoms with Crippen molar-refractivity contribution in [3.63, 3.8) is 0 Å². The highest BCUT2D eigenvalue weighted by Crippen LogP contribution is 2.52. The van der Waals surface area contributed by atoms with Gasteiger partial charge in [0.2, 0.25) is 0 Å². The van der Waals surface area contributed by atoms with E-state index in [1.54, 1.807) is 0 Å². The lowest BCUT2D eigenvalue weighted by Crippen LogP contribution is -2.46. The minimum Gasteiger partial charge on any atom is -0.469 e. The van der Waals surface area contributed by atoms with E-state index < -0.39 is 5.41 Å². The number of esters is 1. The average Bonchev–Trinajstić information content (AvgIpc) is 2.35. The van der Waals surface area contributed by atoms with Crippen LogP contribution in [0.1, 0.15) is 74.1 Å². The predicted molar refractivity (Wildman–Crippen MR) is 77.5 cm³/mol. The van der Waals surface area contributed by atoms with Crippen LogP contribution in [0.5, 0.6) is 0 Å². The van der Waals surface area contributed by atoms with E-state index in [0.29, 0.717) is 0 Å². The van der Waals surface area contributed by atoms with Gasteiger partial charge in [0.1, 0.15) is 0 Å². The van der Waals surface area contributed by atoms with Crippen LogP contribution in [-0.4, -0.2) is 13.1 Å². The molecule has 0 fully saturated rings. The molecule has 0 aliphatic heterocycles. The Bertz CT molecular complexity index is 277. The van der Waals surface area contributed by atoms with Crippen LogP contribution in [-0.2, 0) is 9.53 Å². The Labute approximate surface area is 113 Å². The van der Waals surface area contributed by atoms with Crippen LogP contribution in [0.4, 0.5) is 0 Å². The summed E-state index contributed by atoms with van der Waals surface area (Å²) in [5, 5.41) is 0. The summed E-state index contributed by atoms with van der Waals surface area (Å²) in [5.74, 6) is -0.0600. The first-order chi connectivity index (χ1) is 8.12.